The highest BCUT2D eigenvalue weighted by atomic mass is 32.1. The lowest BCUT2D eigenvalue weighted by Gasteiger charge is -2.13. The third kappa shape index (κ3) is 2.61. The van der Waals surface area contributed by atoms with Crippen LogP contribution in [0.25, 0.3) is 11.5 Å². The lowest BCUT2D eigenvalue weighted by atomic mass is 9.98. The van der Waals surface area contributed by atoms with Gasteiger partial charge in [0.15, 0.2) is 5.82 Å². The number of thiazole rings is 1. The molecule has 0 unspecified atom stereocenters. The van der Waals surface area contributed by atoms with Crippen molar-refractivity contribution < 1.29 is 0 Å². The van der Waals surface area contributed by atoms with E-state index in [9.17, 15) is 0 Å². The van der Waals surface area contributed by atoms with E-state index in [1.54, 1.807) is 17.5 Å². The van der Waals surface area contributed by atoms with Crippen LogP contribution in [-0.2, 0) is 5.41 Å². The molecule has 0 aromatic carbocycles. The van der Waals surface area contributed by atoms with Crippen LogP contribution in [-0.4, -0.2) is 22.0 Å². The summed E-state index contributed by atoms with van der Waals surface area (Å²) in [6.45, 7) is 6.46. The predicted octanol–water partition coefficient (Wildman–Crippen LogP) is 2.94. The van der Waals surface area contributed by atoms with Crippen molar-refractivity contribution in [2.75, 3.05) is 12.4 Å². The highest BCUT2D eigenvalue weighted by Gasteiger charge is 2.19. The van der Waals surface area contributed by atoms with Gasteiger partial charge >= 0.3 is 0 Å². The standard InChI is InChI=1S/C12H16N4S/c1-12(2,3)11-15-8(7-17-11)10-14-6-5-9(13-4)16-10/h5-7H,1-4H3,(H,13,14,16). The van der Waals surface area contributed by atoms with Crippen LogP contribution in [0.3, 0.4) is 0 Å². The van der Waals surface area contributed by atoms with E-state index in [1.807, 2.05) is 18.5 Å². The van der Waals surface area contributed by atoms with Crippen LogP contribution in [0.15, 0.2) is 17.6 Å². The Morgan fingerprint density at radius 1 is 1.24 bits per heavy atom. The summed E-state index contributed by atoms with van der Waals surface area (Å²) in [5.41, 5.74) is 0.917. The van der Waals surface area contributed by atoms with Gasteiger partial charge in [-0.25, -0.2) is 15.0 Å². The molecule has 0 bridgehead atoms. The first kappa shape index (κ1) is 12.0. The van der Waals surface area contributed by atoms with E-state index < -0.39 is 0 Å². The minimum atomic E-state index is 0.0729. The van der Waals surface area contributed by atoms with Crippen molar-refractivity contribution >= 4 is 17.2 Å². The van der Waals surface area contributed by atoms with Crippen LogP contribution < -0.4 is 5.32 Å². The van der Waals surface area contributed by atoms with E-state index in [4.69, 9.17) is 0 Å². The van der Waals surface area contributed by atoms with E-state index in [1.165, 1.54) is 0 Å². The molecule has 2 rings (SSSR count). The van der Waals surface area contributed by atoms with Crippen molar-refractivity contribution in [1.82, 2.24) is 15.0 Å². The summed E-state index contributed by atoms with van der Waals surface area (Å²) in [6.07, 6.45) is 1.74. The maximum atomic E-state index is 4.59. The maximum Gasteiger partial charge on any atom is 0.181 e. The van der Waals surface area contributed by atoms with Crippen molar-refractivity contribution in [3.05, 3.63) is 22.7 Å². The molecule has 0 radical (unpaired) electrons. The number of hydrogen-bond donors (Lipinski definition) is 1. The Kier molecular flexibility index (Phi) is 3.11. The lowest BCUT2D eigenvalue weighted by molar-refractivity contribution is 0.586. The summed E-state index contributed by atoms with van der Waals surface area (Å²) in [4.78, 5) is 13.2. The number of aromatic nitrogens is 3. The fraction of sp³-hybridized carbons (Fsp3) is 0.417. The van der Waals surface area contributed by atoms with Gasteiger partial charge in [-0.15, -0.1) is 11.3 Å². The van der Waals surface area contributed by atoms with Gasteiger partial charge in [-0.1, -0.05) is 20.8 Å². The van der Waals surface area contributed by atoms with E-state index in [2.05, 4.69) is 41.0 Å². The van der Waals surface area contributed by atoms with Gasteiger partial charge in [-0.2, -0.15) is 0 Å². The van der Waals surface area contributed by atoms with Gasteiger partial charge in [0.05, 0.1) is 5.01 Å². The molecule has 0 atom stereocenters. The summed E-state index contributed by atoms with van der Waals surface area (Å²) in [5, 5.41) is 6.11. The number of rotatable bonds is 2. The molecule has 0 saturated carbocycles. The van der Waals surface area contributed by atoms with Crippen LogP contribution in [0.1, 0.15) is 25.8 Å². The molecular weight excluding hydrogens is 232 g/mol. The van der Waals surface area contributed by atoms with Gasteiger partial charge in [0, 0.05) is 24.0 Å². The zero-order chi connectivity index (χ0) is 12.5. The lowest BCUT2D eigenvalue weighted by Crippen LogP contribution is -2.10. The Balaban J connectivity index is 2.37. The molecule has 4 nitrogen and oxygen atoms in total. The number of nitrogens with zero attached hydrogens (tertiary/aromatic N) is 3. The van der Waals surface area contributed by atoms with Crippen molar-refractivity contribution in [3.8, 4) is 11.5 Å². The summed E-state index contributed by atoms with van der Waals surface area (Å²) in [6, 6.07) is 1.83. The molecule has 1 N–H and O–H groups in total. The second-order valence-electron chi connectivity index (χ2n) is 4.80. The van der Waals surface area contributed by atoms with Crippen LogP contribution >= 0.6 is 11.3 Å². The third-order valence-electron chi connectivity index (χ3n) is 2.29. The van der Waals surface area contributed by atoms with Crippen molar-refractivity contribution in [3.63, 3.8) is 0 Å². The Hall–Kier alpha value is -1.49. The van der Waals surface area contributed by atoms with E-state index in [-0.39, 0.29) is 5.41 Å². The molecule has 17 heavy (non-hydrogen) atoms. The largest absolute Gasteiger partial charge is 0.373 e. The number of nitrogens with one attached hydrogen (secondary N) is 1. The van der Waals surface area contributed by atoms with Crippen LogP contribution in [0.5, 0.6) is 0 Å². The van der Waals surface area contributed by atoms with E-state index in [0.717, 1.165) is 16.5 Å². The first-order chi connectivity index (χ1) is 8.00. The van der Waals surface area contributed by atoms with Crippen LogP contribution in [0.2, 0.25) is 0 Å². The van der Waals surface area contributed by atoms with Gasteiger partial charge < -0.3 is 5.32 Å². The molecule has 2 heterocycles. The highest BCUT2D eigenvalue weighted by molar-refractivity contribution is 7.10. The van der Waals surface area contributed by atoms with Crippen LogP contribution in [0.4, 0.5) is 5.82 Å². The molecule has 0 amide bonds. The molecular formula is C12H16N4S. The zero-order valence-electron chi connectivity index (χ0n) is 10.5. The fourth-order valence-electron chi connectivity index (χ4n) is 1.34. The molecule has 0 fully saturated rings. The normalized spacial score (nSPS) is 11.5. The summed E-state index contributed by atoms with van der Waals surface area (Å²) in [7, 11) is 1.84. The quantitative estimate of drug-likeness (QED) is 0.887. The first-order valence-corrected chi connectivity index (χ1v) is 6.36. The SMILES string of the molecule is CNc1ccnc(-c2csc(C(C)(C)C)n2)n1. The average molecular weight is 248 g/mol. The van der Waals surface area contributed by atoms with E-state index in [0.29, 0.717) is 5.82 Å². The minimum Gasteiger partial charge on any atom is -0.373 e. The molecule has 0 aliphatic heterocycles. The molecule has 2 aromatic rings. The highest BCUT2D eigenvalue weighted by Crippen LogP contribution is 2.28. The zero-order valence-corrected chi connectivity index (χ0v) is 11.3. The average Bonchev–Trinajstić information content (AvgIpc) is 2.78. The van der Waals surface area contributed by atoms with Gasteiger partial charge in [-0.3, -0.25) is 0 Å². The Labute approximate surface area is 105 Å². The molecule has 90 valence electrons. The van der Waals surface area contributed by atoms with Gasteiger partial charge in [0.25, 0.3) is 0 Å². The molecule has 0 spiro atoms. The summed E-state index contributed by atoms with van der Waals surface area (Å²) >= 11 is 1.65. The first-order valence-electron chi connectivity index (χ1n) is 5.48. The minimum absolute atomic E-state index is 0.0729. The smallest absolute Gasteiger partial charge is 0.181 e. The monoisotopic (exact) mass is 248 g/mol. The number of anilines is 1. The Bertz CT molecular complexity index is 513. The molecule has 5 heteroatoms. The molecule has 0 saturated heterocycles. The molecule has 2 aromatic heterocycles. The Morgan fingerprint density at radius 3 is 2.59 bits per heavy atom. The van der Waals surface area contributed by atoms with Crippen molar-refractivity contribution in [2.45, 2.75) is 26.2 Å². The fourth-order valence-corrected chi connectivity index (χ4v) is 2.23. The van der Waals surface area contributed by atoms with Gasteiger partial charge in [-0.05, 0) is 6.07 Å². The van der Waals surface area contributed by atoms with Crippen molar-refractivity contribution in [1.29, 1.82) is 0 Å². The third-order valence-corrected chi connectivity index (χ3v) is 3.55. The number of hydrogen-bond acceptors (Lipinski definition) is 5. The second-order valence-corrected chi connectivity index (χ2v) is 5.66. The predicted molar refractivity (Wildman–Crippen MR) is 71.4 cm³/mol. The van der Waals surface area contributed by atoms with E-state index >= 15 is 0 Å². The molecule has 0 aliphatic rings. The van der Waals surface area contributed by atoms with Crippen molar-refractivity contribution in [2.24, 2.45) is 0 Å². The van der Waals surface area contributed by atoms with Gasteiger partial charge in [0.2, 0.25) is 0 Å². The van der Waals surface area contributed by atoms with Gasteiger partial charge in [0.1, 0.15) is 11.5 Å². The summed E-state index contributed by atoms with van der Waals surface area (Å²) in [5.74, 6) is 1.48. The summed E-state index contributed by atoms with van der Waals surface area (Å²) < 4.78 is 0. The topological polar surface area (TPSA) is 50.7 Å². The Morgan fingerprint density at radius 2 is 2.00 bits per heavy atom. The molecule has 0 aliphatic carbocycles. The van der Waals surface area contributed by atoms with Crippen LogP contribution in [0, 0.1) is 0 Å². The maximum absolute atomic E-state index is 4.59. The second kappa shape index (κ2) is 4.41.